The lowest BCUT2D eigenvalue weighted by Crippen LogP contribution is -2.30. The number of imidazole rings is 1. The van der Waals surface area contributed by atoms with Gasteiger partial charge in [-0.1, -0.05) is 42.5 Å². The minimum Gasteiger partial charge on any atom is -0.484 e. The maximum atomic E-state index is 11.9. The first-order valence-corrected chi connectivity index (χ1v) is 9.16. The van der Waals surface area contributed by atoms with Crippen LogP contribution in [-0.2, 0) is 17.8 Å². The molecule has 2 aromatic carbocycles. The SMILES string of the molecule is C=C(C)Cn1c(CCCNC(=O)COc2ccccc2)nc2ccccc21. The predicted octanol–water partition coefficient (Wildman–Crippen LogP) is 3.74. The van der Waals surface area contributed by atoms with E-state index < -0.39 is 0 Å². The maximum Gasteiger partial charge on any atom is 0.257 e. The van der Waals surface area contributed by atoms with E-state index in [0.29, 0.717) is 12.3 Å². The predicted molar refractivity (Wildman–Crippen MR) is 108 cm³/mol. The molecule has 1 amide bonds. The van der Waals surface area contributed by atoms with E-state index in [0.717, 1.165) is 41.8 Å². The Morgan fingerprint density at radius 2 is 1.89 bits per heavy atom. The summed E-state index contributed by atoms with van der Waals surface area (Å²) in [6.45, 7) is 7.42. The molecule has 5 heteroatoms. The lowest BCUT2D eigenvalue weighted by molar-refractivity contribution is -0.123. The van der Waals surface area contributed by atoms with E-state index in [4.69, 9.17) is 9.72 Å². The molecule has 0 aliphatic carbocycles. The van der Waals surface area contributed by atoms with Gasteiger partial charge in [-0.3, -0.25) is 4.79 Å². The van der Waals surface area contributed by atoms with Gasteiger partial charge in [0.2, 0.25) is 0 Å². The number of hydrogen-bond donors (Lipinski definition) is 1. The molecule has 0 saturated heterocycles. The van der Waals surface area contributed by atoms with Crippen LogP contribution in [0.3, 0.4) is 0 Å². The minimum atomic E-state index is -0.116. The topological polar surface area (TPSA) is 56.2 Å². The number of nitrogens with one attached hydrogen (secondary N) is 1. The first kappa shape index (κ1) is 18.7. The van der Waals surface area contributed by atoms with Crippen molar-refractivity contribution in [2.75, 3.05) is 13.2 Å². The summed E-state index contributed by atoms with van der Waals surface area (Å²) in [5.41, 5.74) is 3.20. The third-order valence-electron chi connectivity index (χ3n) is 4.17. The molecule has 0 fully saturated rings. The van der Waals surface area contributed by atoms with Gasteiger partial charge in [0.15, 0.2) is 6.61 Å². The first-order valence-electron chi connectivity index (χ1n) is 9.16. The number of rotatable bonds is 9. The van der Waals surface area contributed by atoms with Gasteiger partial charge in [-0.2, -0.15) is 0 Å². The number of carbonyl (C=O) groups excluding carboxylic acids is 1. The number of amides is 1. The number of ether oxygens (including phenoxy) is 1. The number of nitrogens with zero attached hydrogens (tertiary/aromatic N) is 2. The average molecular weight is 363 g/mol. The Morgan fingerprint density at radius 1 is 1.15 bits per heavy atom. The summed E-state index contributed by atoms with van der Waals surface area (Å²) in [7, 11) is 0. The van der Waals surface area contributed by atoms with E-state index in [-0.39, 0.29) is 12.5 Å². The molecule has 0 aliphatic rings. The summed E-state index contributed by atoms with van der Waals surface area (Å²) >= 11 is 0. The van der Waals surface area contributed by atoms with Crippen molar-refractivity contribution in [3.05, 3.63) is 72.6 Å². The Hall–Kier alpha value is -3.08. The molecule has 140 valence electrons. The van der Waals surface area contributed by atoms with Crippen LogP contribution in [0.1, 0.15) is 19.2 Å². The number of para-hydroxylation sites is 3. The number of hydrogen-bond acceptors (Lipinski definition) is 3. The van der Waals surface area contributed by atoms with E-state index in [2.05, 4.69) is 22.5 Å². The van der Waals surface area contributed by atoms with Gasteiger partial charge >= 0.3 is 0 Å². The minimum absolute atomic E-state index is 0.0260. The fourth-order valence-electron chi connectivity index (χ4n) is 2.95. The normalized spacial score (nSPS) is 10.7. The number of allylic oxidation sites excluding steroid dienone is 1. The Morgan fingerprint density at radius 3 is 2.67 bits per heavy atom. The molecule has 1 heterocycles. The van der Waals surface area contributed by atoms with Gasteiger partial charge in [0.05, 0.1) is 11.0 Å². The van der Waals surface area contributed by atoms with Gasteiger partial charge in [0.1, 0.15) is 11.6 Å². The largest absolute Gasteiger partial charge is 0.484 e. The smallest absolute Gasteiger partial charge is 0.257 e. The molecule has 3 rings (SSSR count). The fraction of sp³-hybridized carbons (Fsp3) is 0.273. The van der Waals surface area contributed by atoms with Crippen LogP contribution in [-0.4, -0.2) is 28.6 Å². The third-order valence-corrected chi connectivity index (χ3v) is 4.17. The van der Waals surface area contributed by atoms with E-state index in [1.807, 2.05) is 55.5 Å². The summed E-state index contributed by atoms with van der Waals surface area (Å²) in [6, 6.07) is 17.5. The number of aryl methyl sites for hydroxylation is 1. The summed E-state index contributed by atoms with van der Waals surface area (Å²) < 4.78 is 7.65. The molecule has 0 aliphatic heterocycles. The van der Waals surface area contributed by atoms with Crippen molar-refractivity contribution in [1.82, 2.24) is 14.9 Å². The molecule has 5 nitrogen and oxygen atoms in total. The number of benzene rings is 2. The third kappa shape index (κ3) is 5.20. The summed E-state index contributed by atoms with van der Waals surface area (Å²) in [6.07, 6.45) is 1.61. The molecule has 27 heavy (non-hydrogen) atoms. The van der Waals surface area contributed by atoms with E-state index in [1.165, 1.54) is 0 Å². The number of carbonyl (C=O) groups is 1. The van der Waals surface area contributed by atoms with Crippen molar-refractivity contribution in [3.63, 3.8) is 0 Å². The van der Waals surface area contributed by atoms with Crippen molar-refractivity contribution in [2.45, 2.75) is 26.3 Å². The molecular formula is C22H25N3O2. The summed E-state index contributed by atoms with van der Waals surface area (Å²) in [5, 5.41) is 2.90. The number of aromatic nitrogens is 2. The van der Waals surface area contributed by atoms with Crippen molar-refractivity contribution < 1.29 is 9.53 Å². The fourth-order valence-corrected chi connectivity index (χ4v) is 2.95. The molecule has 1 aromatic heterocycles. The van der Waals surface area contributed by atoms with E-state index in [1.54, 1.807) is 0 Å². The molecule has 0 bridgehead atoms. The maximum absolute atomic E-state index is 11.9. The highest BCUT2D eigenvalue weighted by atomic mass is 16.5. The zero-order valence-electron chi connectivity index (χ0n) is 15.6. The molecule has 0 radical (unpaired) electrons. The second-order valence-corrected chi connectivity index (χ2v) is 6.62. The van der Waals surface area contributed by atoms with Crippen molar-refractivity contribution in [3.8, 4) is 5.75 Å². The Kier molecular flexibility index (Phi) is 6.26. The van der Waals surface area contributed by atoms with Gasteiger partial charge < -0.3 is 14.6 Å². The zero-order valence-corrected chi connectivity index (χ0v) is 15.6. The lowest BCUT2D eigenvalue weighted by atomic mass is 10.2. The molecular weight excluding hydrogens is 338 g/mol. The average Bonchev–Trinajstić information content (AvgIpc) is 3.01. The molecule has 3 aromatic rings. The van der Waals surface area contributed by atoms with Gasteiger partial charge in [0.25, 0.3) is 5.91 Å². The second kappa shape index (κ2) is 9.03. The van der Waals surface area contributed by atoms with E-state index in [9.17, 15) is 4.79 Å². The highest BCUT2D eigenvalue weighted by molar-refractivity contribution is 5.77. The highest BCUT2D eigenvalue weighted by Gasteiger charge is 2.10. The molecule has 0 spiro atoms. The van der Waals surface area contributed by atoms with Gasteiger partial charge in [-0.15, -0.1) is 0 Å². The zero-order chi connectivity index (χ0) is 19.1. The van der Waals surface area contributed by atoms with Crippen LogP contribution in [0.5, 0.6) is 5.75 Å². The van der Waals surface area contributed by atoms with Gasteiger partial charge in [0, 0.05) is 19.5 Å². The highest BCUT2D eigenvalue weighted by Crippen LogP contribution is 2.18. The van der Waals surface area contributed by atoms with Crippen molar-refractivity contribution in [1.29, 1.82) is 0 Å². The van der Waals surface area contributed by atoms with Gasteiger partial charge in [-0.05, 0) is 37.6 Å². The van der Waals surface area contributed by atoms with Gasteiger partial charge in [-0.25, -0.2) is 4.98 Å². The monoisotopic (exact) mass is 363 g/mol. The van der Waals surface area contributed by atoms with Crippen LogP contribution in [0.25, 0.3) is 11.0 Å². The molecule has 0 atom stereocenters. The van der Waals surface area contributed by atoms with Crippen LogP contribution in [0, 0.1) is 0 Å². The summed E-state index contributed by atoms with van der Waals surface area (Å²) in [5.74, 6) is 1.60. The second-order valence-electron chi connectivity index (χ2n) is 6.62. The Labute approximate surface area is 159 Å². The Balaban J connectivity index is 1.50. The summed E-state index contributed by atoms with van der Waals surface area (Å²) in [4.78, 5) is 16.7. The lowest BCUT2D eigenvalue weighted by Gasteiger charge is -2.10. The Bertz CT molecular complexity index is 916. The van der Waals surface area contributed by atoms with Crippen molar-refractivity contribution >= 4 is 16.9 Å². The quantitative estimate of drug-likeness (QED) is 0.465. The van der Waals surface area contributed by atoms with Crippen molar-refractivity contribution in [2.24, 2.45) is 0 Å². The van der Waals surface area contributed by atoms with E-state index >= 15 is 0 Å². The molecule has 1 N–H and O–H groups in total. The molecule has 0 unspecified atom stereocenters. The van der Waals surface area contributed by atoms with Crippen LogP contribution in [0.15, 0.2) is 66.7 Å². The van der Waals surface area contributed by atoms with Crippen LogP contribution in [0.2, 0.25) is 0 Å². The van der Waals surface area contributed by atoms with Crippen LogP contribution < -0.4 is 10.1 Å². The standard InChI is InChI=1S/C22H25N3O2/c1-17(2)15-25-20-12-7-6-11-19(20)24-21(25)13-8-14-23-22(26)16-27-18-9-4-3-5-10-18/h3-7,9-12H,1,8,13-16H2,2H3,(H,23,26). The first-order chi connectivity index (χ1) is 13.1. The molecule has 0 saturated carbocycles. The van der Waals surface area contributed by atoms with Crippen LogP contribution in [0.4, 0.5) is 0 Å². The number of fused-ring (bicyclic) bond motifs is 1. The van der Waals surface area contributed by atoms with Crippen LogP contribution >= 0.6 is 0 Å².